The molecule has 0 spiro atoms. The van der Waals surface area contributed by atoms with Gasteiger partial charge in [0.2, 0.25) is 5.91 Å². The molecule has 0 atom stereocenters. The van der Waals surface area contributed by atoms with Crippen LogP contribution in [-0.2, 0) is 26.7 Å². The molecule has 0 unspecified atom stereocenters. The van der Waals surface area contributed by atoms with Crippen molar-refractivity contribution >= 4 is 21.9 Å². The summed E-state index contributed by atoms with van der Waals surface area (Å²) < 4.78 is 28.4. The Bertz CT molecular complexity index is 787. The molecule has 0 bridgehead atoms. The number of carboxylic acid groups (broad SMARTS) is 1. The van der Waals surface area contributed by atoms with E-state index in [1.807, 2.05) is 0 Å². The topological polar surface area (TPSA) is 113 Å². The van der Waals surface area contributed by atoms with Gasteiger partial charge in [-0.3, -0.25) is 9.59 Å². The third kappa shape index (κ3) is 3.75. The number of aliphatic carboxylic acids is 1. The van der Waals surface area contributed by atoms with Gasteiger partial charge in [0, 0.05) is 38.3 Å². The first-order chi connectivity index (χ1) is 12.2. The van der Waals surface area contributed by atoms with Crippen LogP contribution in [0.25, 0.3) is 0 Å². The largest absolute Gasteiger partial charge is 0.480 e. The molecule has 1 aliphatic carbocycles. The zero-order valence-electron chi connectivity index (χ0n) is 15.0. The SMILES string of the molecule is Cc1nc(S(=O)(=O)N2CCC(C(=O)N(CC(=O)O)C3CC3)CC2)cn1C. The van der Waals surface area contributed by atoms with Crippen molar-refractivity contribution in [2.24, 2.45) is 13.0 Å². The normalized spacial score (nSPS) is 19.5. The summed E-state index contributed by atoms with van der Waals surface area (Å²) in [5.74, 6) is -0.898. The Morgan fingerprint density at radius 3 is 2.35 bits per heavy atom. The zero-order valence-corrected chi connectivity index (χ0v) is 15.8. The van der Waals surface area contributed by atoms with Crippen LogP contribution in [0.15, 0.2) is 11.2 Å². The van der Waals surface area contributed by atoms with Gasteiger partial charge >= 0.3 is 5.97 Å². The van der Waals surface area contributed by atoms with Crippen LogP contribution in [-0.4, -0.2) is 69.8 Å². The highest BCUT2D eigenvalue weighted by Gasteiger charge is 2.39. The van der Waals surface area contributed by atoms with Crippen molar-refractivity contribution in [1.29, 1.82) is 0 Å². The second kappa shape index (κ2) is 6.99. The maximum absolute atomic E-state index is 12.7. The van der Waals surface area contributed by atoms with Gasteiger partial charge in [0.1, 0.15) is 12.4 Å². The number of aromatic nitrogens is 2. The van der Waals surface area contributed by atoms with Gasteiger partial charge in [0.05, 0.1) is 0 Å². The highest BCUT2D eigenvalue weighted by Crippen LogP contribution is 2.31. The van der Waals surface area contributed by atoms with Crippen LogP contribution in [0.4, 0.5) is 0 Å². The Labute approximate surface area is 152 Å². The van der Waals surface area contributed by atoms with E-state index in [4.69, 9.17) is 5.11 Å². The molecule has 9 nitrogen and oxygen atoms in total. The Morgan fingerprint density at radius 2 is 1.88 bits per heavy atom. The number of carbonyl (C=O) groups excluding carboxylic acids is 1. The van der Waals surface area contributed by atoms with Gasteiger partial charge < -0.3 is 14.6 Å². The van der Waals surface area contributed by atoms with Crippen molar-refractivity contribution in [2.75, 3.05) is 19.6 Å². The predicted octanol–water partition coefficient (Wildman–Crippen LogP) is 0.205. The fourth-order valence-corrected chi connectivity index (χ4v) is 4.77. The Balaban J connectivity index is 1.65. The van der Waals surface area contributed by atoms with Crippen LogP contribution in [0.3, 0.4) is 0 Å². The number of carbonyl (C=O) groups is 2. The lowest BCUT2D eigenvalue weighted by Gasteiger charge is -2.33. The molecule has 2 aliphatic rings. The second-order valence-electron chi connectivity index (χ2n) is 7.01. The summed E-state index contributed by atoms with van der Waals surface area (Å²) in [5, 5.41) is 9.04. The summed E-state index contributed by atoms with van der Waals surface area (Å²) in [5.41, 5.74) is 0. The average Bonchev–Trinajstić information content (AvgIpc) is 3.37. The standard InChI is InChI=1S/C16H24N4O5S/c1-11-17-14(9-18(11)2)26(24,25)19-7-5-12(6-8-19)16(23)20(10-15(21)22)13-3-4-13/h9,12-13H,3-8,10H2,1-2H3,(H,21,22). The predicted molar refractivity (Wildman–Crippen MR) is 91.8 cm³/mol. The number of sulfonamides is 1. The van der Waals surface area contributed by atoms with Gasteiger partial charge in [-0.05, 0) is 32.6 Å². The summed E-state index contributed by atoms with van der Waals surface area (Å²) >= 11 is 0. The molecule has 3 rings (SSSR count). The molecule has 2 fully saturated rings. The van der Waals surface area contributed by atoms with Gasteiger partial charge in [0.15, 0.2) is 5.03 Å². The number of hydrogen-bond acceptors (Lipinski definition) is 5. The molecule has 1 aromatic heterocycles. The van der Waals surface area contributed by atoms with E-state index in [-0.39, 0.29) is 42.5 Å². The molecule has 10 heteroatoms. The van der Waals surface area contributed by atoms with Gasteiger partial charge in [-0.2, -0.15) is 4.31 Å². The maximum atomic E-state index is 12.7. The zero-order chi connectivity index (χ0) is 19.1. The average molecular weight is 384 g/mol. The minimum atomic E-state index is -3.67. The quantitative estimate of drug-likeness (QED) is 0.750. The molecule has 2 heterocycles. The van der Waals surface area contributed by atoms with Crippen molar-refractivity contribution in [2.45, 2.75) is 43.7 Å². The number of hydrogen-bond donors (Lipinski definition) is 1. The number of carboxylic acids is 1. The van der Waals surface area contributed by atoms with E-state index < -0.39 is 16.0 Å². The van der Waals surface area contributed by atoms with Gasteiger partial charge in [-0.25, -0.2) is 13.4 Å². The lowest BCUT2D eigenvalue weighted by molar-refractivity contribution is -0.147. The third-order valence-corrected chi connectivity index (χ3v) is 6.84. The number of imidazole rings is 1. The summed E-state index contributed by atoms with van der Waals surface area (Å²) in [6, 6.07) is 0.0249. The molecule has 0 radical (unpaired) electrons. The highest BCUT2D eigenvalue weighted by atomic mass is 32.2. The van der Waals surface area contributed by atoms with Crippen LogP contribution in [0.2, 0.25) is 0 Å². The van der Waals surface area contributed by atoms with Gasteiger partial charge in [0.25, 0.3) is 10.0 Å². The summed E-state index contributed by atoms with van der Waals surface area (Å²) in [4.78, 5) is 29.2. The molecule has 144 valence electrons. The van der Waals surface area contributed by atoms with Crippen molar-refractivity contribution in [3.63, 3.8) is 0 Å². The third-order valence-electron chi connectivity index (χ3n) is 5.07. The lowest BCUT2D eigenvalue weighted by Crippen LogP contribution is -2.46. The van der Waals surface area contributed by atoms with Crippen LogP contribution in [0, 0.1) is 12.8 Å². The highest BCUT2D eigenvalue weighted by molar-refractivity contribution is 7.89. The van der Waals surface area contributed by atoms with Crippen molar-refractivity contribution in [1.82, 2.24) is 18.8 Å². The monoisotopic (exact) mass is 384 g/mol. The fraction of sp³-hybridized carbons (Fsp3) is 0.688. The maximum Gasteiger partial charge on any atom is 0.323 e. The minimum absolute atomic E-state index is 0.0211. The van der Waals surface area contributed by atoms with Crippen molar-refractivity contribution < 1.29 is 23.1 Å². The van der Waals surface area contributed by atoms with Crippen molar-refractivity contribution in [3.05, 3.63) is 12.0 Å². The number of aryl methyl sites for hydroxylation is 2. The van der Waals surface area contributed by atoms with Gasteiger partial charge in [-0.1, -0.05) is 0 Å². The van der Waals surface area contributed by atoms with E-state index in [1.54, 1.807) is 18.5 Å². The van der Waals surface area contributed by atoms with Crippen LogP contribution in [0.1, 0.15) is 31.5 Å². The van der Waals surface area contributed by atoms with Crippen LogP contribution >= 0.6 is 0 Å². The second-order valence-corrected chi connectivity index (χ2v) is 8.89. The van der Waals surface area contributed by atoms with Crippen LogP contribution < -0.4 is 0 Å². The summed E-state index contributed by atoms with van der Waals surface area (Å²) in [7, 11) is -1.94. The number of nitrogens with zero attached hydrogens (tertiary/aromatic N) is 4. The van der Waals surface area contributed by atoms with E-state index in [2.05, 4.69) is 4.98 Å². The van der Waals surface area contributed by atoms with Crippen LogP contribution in [0.5, 0.6) is 0 Å². The molecule has 0 aromatic carbocycles. The Kier molecular flexibility index (Phi) is 5.07. The molecule has 1 aliphatic heterocycles. The number of rotatable bonds is 6. The van der Waals surface area contributed by atoms with E-state index in [0.717, 1.165) is 12.8 Å². The summed E-state index contributed by atoms with van der Waals surface area (Å²) in [6.45, 7) is 1.92. The molecule has 1 saturated carbocycles. The minimum Gasteiger partial charge on any atom is -0.480 e. The van der Waals surface area contributed by atoms with E-state index in [0.29, 0.717) is 18.7 Å². The Morgan fingerprint density at radius 1 is 1.27 bits per heavy atom. The molecule has 26 heavy (non-hydrogen) atoms. The number of amides is 1. The molecular weight excluding hydrogens is 360 g/mol. The molecule has 1 saturated heterocycles. The summed E-state index contributed by atoms with van der Waals surface area (Å²) in [6.07, 6.45) is 3.96. The van der Waals surface area contributed by atoms with E-state index in [9.17, 15) is 18.0 Å². The van der Waals surface area contributed by atoms with E-state index in [1.165, 1.54) is 15.4 Å². The molecule has 1 aromatic rings. The van der Waals surface area contributed by atoms with E-state index >= 15 is 0 Å². The molecular formula is C16H24N4O5S. The molecule has 1 N–H and O–H groups in total. The van der Waals surface area contributed by atoms with Crippen molar-refractivity contribution in [3.8, 4) is 0 Å². The first-order valence-corrected chi connectivity index (χ1v) is 10.2. The lowest BCUT2D eigenvalue weighted by atomic mass is 9.96. The van der Waals surface area contributed by atoms with Gasteiger partial charge in [-0.15, -0.1) is 0 Å². The molecule has 1 amide bonds. The first kappa shape index (κ1) is 18.8. The first-order valence-electron chi connectivity index (χ1n) is 8.72. The fourth-order valence-electron chi connectivity index (χ4n) is 3.28. The Hall–Kier alpha value is -1.94. The smallest absolute Gasteiger partial charge is 0.323 e. The number of piperidine rings is 1.